The zero-order valence-electron chi connectivity index (χ0n) is 15.6. The number of aromatic nitrogens is 3. The van der Waals surface area contributed by atoms with Crippen LogP contribution in [-0.4, -0.2) is 23.4 Å². The van der Waals surface area contributed by atoms with Gasteiger partial charge in [0.1, 0.15) is 5.82 Å². The van der Waals surface area contributed by atoms with Crippen LogP contribution in [0.25, 0.3) is 22.3 Å². The molecule has 0 radical (unpaired) electrons. The van der Waals surface area contributed by atoms with Crippen LogP contribution >= 0.6 is 0 Å². The Kier molecular flexibility index (Phi) is 4.96. The number of nitrogens with zero attached hydrogens (tertiary/aromatic N) is 3. The molecule has 8 heteroatoms. The van der Waals surface area contributed by atoms with E-state index in [0.29, 0.717) is 11.6 Å². The highest BCUT2D eigenvalue weighted by Gasteiger charge is 2.15. The van der Waals surface area contributed by atoms with Gasteiger partial charge in [-0.05, 0) is 48.9 Å². The van der Waals surface area contributed by atoms with Gasteiger partial charge in [0.25, 0.3) is 0 Å². The van der Waals surface area contributed by atoms with Gasteiger partial charge in [-0.3, -0.25) is 4.98 Å². The molecule has 0 aliphatic rings. The molecule has 0 bridgehead atoms. The number of benzene rings is 2. The third-order valence-electron chi connectivity index (χ3n) is 4.58. The van der Waals surface area contributed by atoms with Gasteiger partial charge in [0.05, 0.1) is 16.5 Å². The number of fused-ring (bicyclic) bond motifs is 1. The van der Waals surface area contributed by atoms with Crippen molar-refractivity contribution >= 4 is 26.7 Å². The van der Waals surface area contributed by atoms with Crippen LogP contribution in [0.15, 0.2) is 78.0 Å². The highest BCUT2D eigenvalue weighted by atomic mass is 32.2. The van der Waals surface area contributed by atoms with Crippen LogP contribution in [-0.2, 0) is 10.0 Å². The number of pyridine rings is 1. The molecule has 1 unspecified atom stereocenters. The molecule has 146 valence electrons. The van der Waals surface area contributed by atoms with Gasteiger partial charge in [0.2, 0.25) is 10.0 Å². The molecule has 0 spiro atoms. The highest BCUT2D eigenvalue weighted by Crippen LogP contribution is 2.28. The van der Waals surface area contributed by atoms with Crippen LogP contribution in [0.3, 0.4) is 0 Å². The molecule has 4 rings (SSSR count). The minimum atomic E-state index is -3.77. The number of hydrogen-bond acceptors (Lipinski definition) is 6. The minimum absolute atomic E-state index is 0.0775. The molecule has 2 aromatic heterocycles. The lowest BCUT2D eigenvalue weighted by atomic mass is 10.1. The van der Waals surface area contributed by atoms with Crippen molar-refractivity contribution < 1.29 is 8.42 Å². The molecule has 0 saturated heterocycles. The van der Waals surface area contributed by atoms with Crippen LogP contribution in [0.2, 0.25) is 0 Å². The van der Waals surface area contributed by atoms with E-state index in [-0.39, 0.29) is 10.9 Å². The number of rotatable bonds is 5. The van der Waals surface area contributed by atoms with Gasteiger partial charge in [-0.25, -0.2) is 23.5 Å². The van der Waals surface area contributed by atoms with Crippen molar-refractivity contribution in [2.45, 2.75) is 17.9 Å². The minimum Gasteiger partial charge on any atom is -0.363 e. The number of hydrogen-bond donors (Lipinski definition) is 2. The van der Waals surface area contributed by atoms with E-state index in [9.17, 15) is 8.42 Å². The maximum Gasteiger partial charge on any atom is 0.238 e. The molecule has 0 fully saturated rings. The summed E-state index contributed by atoms with van der Waals surface area (Å²) in [6.45, 7) is 1.94. The fourth-order valence-corrected chi connectivity index (χ4v) is 3.63. The lowest BCUT2D eigenvalue weighted by Crippen LogP contribution is -2.14. The molecule has 4 aromatic rings. The Bertz CT molecular complexity index is 1280. The summed E-state index contributed by atoms with van der Waals surface area (Å²) in [4.78, 5) is 13.5. The summed E-state index contributed by atoms with van der Waals surface area (Å²) in [6.07, 6.45) is 3.39. The topological polar surface area (TPSA) is 111 Å². The zero-order valence-corrected chi connectivity index (χ0v) is 16.5. The maximum absolute atomic E-state index is 11.7. The zero-order chi connectivity index (χ0) is 20.4. The summed E-state index contributed by atoms with van der Waals surface area (Å²) < 4.78 is 23.3. The standard InChI is InChI=1S/C21H19N5O2S/c1-14(16-5-4-6-17(13-16)29(22,27)28)24-21-18-7-2-3-8-19(18)25-20(26-21)15-9-11-23-12-10-15/h2-14H,1H3,(H2,22,27,28)(H,24,25,26). The molecule has 7 nitrogen and oxygen atoms in total. The monoisotopic (exact) mass is 405 g/mol. The quantitative estimate of drug-likeness (QED) is 0.526. The third-order valence-corrected chi connectivity index (χ3v) is 5.49. The second-order valence-electron chi connectivity index (χ2n) is 6.63. The molecule has 0 saturated carbocycles. The second-order valence-corrected chi connectivity index (χ2v) is 8.19. The van der Waals surface area contributed by atoms with E-state index < -0.39 is 10.0 Å². The number of nitrogens with two attached hydrogens (primary N) is 1. The van der Waals surface area contributed by atoms with E-state index in [1.54, 1.807) is 24.5 Å². The van der Waals surface area contributed by atoms with E-state index >= 15 is 0 Å². The van der Waals surface area contributed by atoms with Crippen molar-refractivity contribution in [1.29, 1.82) is 0 Å². The lowest BCUT2D eigenvalue weighted by molar-refractivity contribution is 0.597. The number of sulfonamides is 1. The molecule has 2 heterocycles. The van der Waals surface area contributed by atoms with Crippen molar-refractivity contribution in [3.8, 4) is 11.4 Å². The summed E-state index contributed by atoms with van der Waals surface area (Å²) in [7, 11) is -3.77. The van der Waals surface area contributed by atoms with Crippen LogP contribution in [0, 0.1) is 0 Å². The molecule has 1 atom stereocenters. The summed E-state index contributed by atoms with van der Waals surface area (Å²) in [6, 6.07) is 17.8. The Morgan fingerprint density at radius 1 is 0.966 bits per heavy atom. The molecule has 2 aromatic carbocycles. The fourth-order valence-electron chi connectivity index (χ4n) is 3.07. The van der Waals surface area contributed by atoms with Gasteiger partial charge in [-0.1, -0.05) is 24.3 Å². The predicted molar refractivity (Wildman–Crippen MR) is 113 cm³/mol. The SMILES string of the molecule is CC(Nc1nc(-c2ccncc2)nc2ccccc12)c1cccc(S(N)(=O)=O)c1. The first-order valence-electron chi connectivity index (χ1n) is 8.98. The normalized spacial score (nSPS) is 12.6. The van der Waals surface area contributed by atoms with Gasteiger partial charge >= 0.3 is 0 Å². The summed E-state index contributed by atoms with van der Waals surface area (Å²) >= 11 is 0. The second kappa shape index (κ2) is 7.57. The first-order chi connectivity index (χ1) is 13.9. The first-order valence-corrected chi connectivity index (χ1v) is 10.5. The van der Waals surface area contributed by atoms with Crippen LogP contribution in [0.4, 0.5) is 5.82 Å². The van der Waals surface area contributed by atoms with E-state index in [1.807, 2.05) is 49.4 Å². The van der Waals surface area contributed by atoms with Crippen LogP contribution < -0.4 is 10.5 Å². The first kappa shape index (κ1) is 19.0. The Labute approximate surface area is 168 Å². The molecule has 3 N–H and O–H groups in total. The fraction of sp³-hybridized carbons (Fsp3) is 0.0952. The average molecular weight is 405 g/mol. The summed E-state index contributed by atoms with van der Waals surface area (Å²) in [5.41, 5.74) is 2.45. The van der Waals surface area contributed by atoms with Gasteiger partial charge in [-0.15, -0.1) is 0 Å². The predicted octanol–water partition coefficient (Wildman–Crippen LogP) is 3.51. The van der Waals surface area contributed by atoms with Crippen LogP contribution in [0.1, 0.15) is 18.5 Å². The molecule has 0 aliphatic heterocycles. The van der Waals surface area contributed by atoms with Gasteiger partial charge < -0.3 is 5.32 Å². The molecular formula is C21H19N5O2S. The molecular weight excluding hydrogens is 386 g/mol. The third kappa shape index (κ3) is 4.08. The maximum atomic E-state index is 11.7. The lowest BCUT2D eigenvalue weighted by Gasteiger charge is -2.18. The van der Waals surface area contributed by atoms with E-state index in [1.165, 1.54) is 6.07 Å². The highest BCUT2D eigenvalue weighted by molar-refractivity contribution is 7.89. The molecule has 0 aliphatic carbocycles. The van der Waals surface area contributed by atoms with E-state index in [2.05, 4.69) is 15.3 Å². The van der Waals surface area contributed by atoms with E-state index in [0.717, 1.165) is 22.0 Å². The van der Waals surface area contributed by atoms with Gasteiger partial charge in [-0.2, -0.15) is 0 Å². The number of primary sulfonamides is 1. The van der Waals surface area contributed by atoms with Gasteiger partial charge in [0.15, 0.2) is 5.82 Å². The van der Waals surface area contributed by atoms with Gasteiger partial charge in [0, 0.05) is 23.3 Å². The Balaban J connectivity index is 1.76. The van der Waals surface area contributed by atoms with Crippen LogP contribution in [0.5, 0.6) is 0 Å². The Morgan fingerprint density at radius 2 is 1.72 bits per heavy atom. The molecule has 0 amide bonds. The van der Waals surface area contributed by atoms with Crippen molar-refractivity contribution in [2.75, 3.05) is 5.32 Å². The Morgan fingerprint density at radius 3 is 2.48 bits per heavy atom. The largest absolute Gasteiger partial charge is 0.363 e. The van der Waals surface area contributed by atoms with Crippen molar-refractivity contribution in [3.05, 3.63) is 78.6 Å². The smallest absolute Gasteiger partial charge is 0.238 e. The molecule has 29 heavy (non-hydrogen) atoms. The summed E-state index contributed by atoms with van der Waals surface area (Å²) in [5, 5.41) is 9.53. The Hall–Kier alpha value is -3.36. The van der Waals surface area contributed by atoms with Crippen molar-refractivity contribution in [3.63, 3.8) is 0 Å². The average Bonchev–Trinajstić information content (AvgIpc) is 2.74. The number of para-hydroxylation sites is 1. The van der Waals surface area contributed by atoms with Crippen molar-refractivity contribution in [1.82, 2.24) is 15.0 Å². The summed E-state index contributed by atoms with van der Waals surface area (Å²) in [5.74, 6) is 1.25. The number of anilines is 1. The van der Waals surface area contributed by atoms with Crippen molar-refractivity contribution in [2.24, 2.45) is 5.14 Å². The van der Waals surface area contributed by atoms with E-state index in [4.69, 9.17) is 10.1 Å². The number of nitrogens with one attached hydrogen (secondary N) is 1.